The van der Waals surface area contributed by atoms with Crippen LogP contribution in [0.4, 0.5) is 8.78 Å². The maximum Gasteiger partial charge on any atom is 0.277 e. The molecule has 0 saturated carbocycles. The maximum atomic E-state index is 13.6. The first-order chi connectivity index (χ1) is 11.0. The number of nitrogens with one attached hydrogen (secondary N) is 1. The Balaban J connectivity index is 1.92. The number of carbonyl (C=O) groups is 1. The van der Waals surface area contributed by atoms with Crippen molar-refractivity contribution in [3.8, 4) is 5.75 Å². The van der Waals surface area contributed by atoms with Crippen molar-refractivity contribution in [3.05, 3.63) is 64.7 Å². The lowest BCUT2D eigenvalue weighted by Crippen LogP contribution is -2.25. The molecule has 0 aliphatic carbocycles. The van der Waals surface area contributed by atoms with Gasteiger partial charge in [-0.15, -0.1) is 0 Å². The van der Waals surface area contributed by atoms with Gasteiger partial charge in [0.1, 0.15) is 17.4 Å². The van der Waals surface area contributed by atoms with Gasteiger partial charge in [0.25, 0.3) is 5.91 Å². The average Bonchev–Trinajstić information content (AvgIpc) is 2.54. The van der Waals surface area contributed by atoms with Gasteiger partial charge in [0, 0.05) is 10.6 Å². The lowest BCUT2D eigenvalue weighted by atomic mass is 10.1. The summed E-state index contributed by atoms with van der Waals surface area (Å²) >= 11 is 5.73. The van der Waals surface area contributed by atoms with Gasteiger partial charge in [-0.2, -0.15) is 5.10 Å². The van der Waals surface area contributed by atoms with Crippen molar-refractivity contribution in [3.63, 3.8) is 0 Å². The van der Waals surface area contributed by atoms with E-state index in [9.17, 15) is 13.6 Å². The Kier molecular flexibility index (Phi) is 5.65. The zero-order valence-corrected chi connectivity index (χ0v) is 12.9. The standard InChI is InChI=1S/C16H13ClF2N2O2/c1-10(14-8-12(18)4-7-15(14)19)20-21-16(22)9-23-13-5-2-11(17)3-6-13/h2-8H,9H2,1H3,(H,21,22)/b20-10-. The predicted octanol–water partition coefficient (Wildman–Crippen LogP) is 3.54. The minimum absolute atomic E-state index is 0.0241. The highest BCUT2D eigenvalue weighted by atomic mass is 35.5. The smallest absolute Gasteiger partial charge is 0.277 e. The van der Waals surface area contributed by atoms with Crippen molar-refractivity contribution in [1.29, 1.82) is 0 Å². The fourth-order valence-corrected chi connectivity index (χ4v) is 1.82. The van der Waals surface area contributed by atoms with Crippen LogP contribution in [-0.4, -0.2) is 18.2 Å². The van der Waals surface area contributed by atoms with Gasteiger partial charge in [0.05, 0.1) is 5.71 Å². The van der Waals surface area contributed by atoms with Crippen molar-refractivity contribution in [2.24, 2.45) is 5.10 Å². The molecule has 0 radical (unpaired) electrons. The lowest BCUT2D eigenvalue weighted by Gasteiger charge is -2.06. The molecule has 1 amide bonds. The van der Waals surface area contributed by atoms with Crippen molar-refractivity contribution in [2.75, 3.05) is 6.61 Å². The number of rotatable bonds is 5. The molecule has 0 fully saturated rings. The van der Waals surface area contributed by atoms with Crippen LogP contribution >= 0.6 is 11.6 Å². The normalized spacial score (nSPS) is 11.2. The van der Waals surface area contributed by atoms with E-state index in [0.717, 1.165) is 18.2 Å². The Labute approximate surface area is 136 Å². The first-order valence-electron chi connectivity index (χ1n) is 6.62. The van der Waals surface area contributed by atoms with Gasteiger partial charge in [-0.3, -0.25) is 4.79 Å². The summed E-state index contributed by atoms with van der Waals surface area (Å²) in [7, 11) is 0. The Morgan fingerprint density at radius 1 is 1.22 bits per heavy atom. The second-order valence-corrected chi connectivity index (χ2v) is 5.04. The molecule has 23 heavy (non-hydrogen) atoms. The van der Waals surface area contributed by atoms with Gasteiger partial charge < -0.3 is 4.74 Å². The van der Waals surface area contributed by atoms with E-state index in [0.29, 0.717) is 10.8 Å². The van der Waals surface area contributed by atoms with Crippen LogP contribution in [-0.2, 0) is 4.79 Å². The highest BCUT2D eigenvalue weighted by Gasteiger charge is 2.08. The molecule has 1 N–H and O–H groups in total. The maximum absolute atomic E-state index is 13.6. The van der Waals surface area contributed by atoms with E-state index in [2.05, 4.69) is 10.5 Å². The van der Waals surface area contributed by atoms with E-state index >= 15 is 0 Å². The van der Waals surface area contributed by atoms with Crippen molar-refractivity contribution < 1.29 is 18.3 Å². The number of hydrogen-bond donors (Lipinski definition) is 1. The van der Waals surface area contributed by atoms with E-state index in [-0.39, 0.29) is 17.9 Å². The summed E-state index contributed by atoms with van der Waals surface area (Å²) in [6, 6.07) is 9.50. The molecule has 2 aromatic carbocycles. The number of hydrazone groups is 1. The van der Waals surface area contributed by atoms with Crippen LogP contribution in [0.15, 0.2) is 47.6 Å². The molecule has 0 heterocycles. The molecule has 0 aliphatic heterocycles. The molecule has 0 bridgehead atoms. The zero-order valence-electron chi connectivity index (χ0n) is 12.1. The number of ether oxygens (including phenoxy) is 1. The molecule has 0 saturated heterocycles. The Morgan fingerprint density at radius 2 is 1.91 bits per heavy atom. The number of hydrogen-bond acceptors (Lipinski definition) is 3. The fraction of sp³-hybridized carbons (Fsp3) is 0.125. The summed E-state index contributed by atoms with van der Waals surface area (Å²) in [6.45, 7) is 1.18. The third kappa shape index (κ3) is 5.03. The van der Waals surface area contributed by atoms with E-state index in [4.69, 9.17) is 16.3 Å². The summed E-state index contributed by atoms with van der Waals surface area (Å²) in [5.74, 6) is -1.27. The Morgan fingerprint density at radius 3 is 2.61 bits per heavy atom. The zero-order chi connectivity index (χ0) is 16.8. The van der Waals surface area contributed by atoms with Crippen LogP contribution in [0.3, 0.4) is 0 Å². The molecular weight excluding hydrogens is 326 g/mol. The molecular formula is C16H13ClF2N2O2. The first kappa shape index (κ1) is 16.9. The summed E-state index contributed by atoms with van der Waals surface area (Å²) in [5, 5.41) is 4.29. The Bertz CT molecular complexity index is 733. The molecule has 0 aliphatic rings. The number of nitrogens with zero attached hydrogens (tertiary/aromatic N) is 1. The number of carbonyl (C=O) groups excluding carboxylic acids is 1. The molecule has 120 valence electrons. The van der Waals surface area contributed by atoms with Crippen LogP contribution in [0.25, 0.3) is 0 Å². The molecule has 2 rings (SSSR count). The van der Waals surface area contributed by atoms with Crippen LogP contribution < -0.4 is 10.2 Å². The summed E-state index contributed by atoms with van der Waals surface area (Å²) in [5.41, 5.74) is 2.33. The van der Waals surface area contributed by atoms with Gasteiger partial charge in [-0.1, -0.05) is 11.6 Å². The summed E-state index contributed by atoms with van der Waals surface area (Å²) in [6.07, 6.45) is 0. The SMILES string of the molecule is C/C(=N/NC(=O)COc1ccc(Cl)cc1)c1cc(F)ccc1F. The molecule has 0 spiro atoms. The van der Waals surface area contributed by atoms with Gasteiger partial charge in [-0.05, 0) is 49.4 Å². The van der Waals surface area contributed by atoms with Crippen LogP contribution in [0.1, 0.15) is 12.5 Å². The molecule has 7 heteroatoms. The minimum atomic E-state index is -0.626. The average molecular weight is 339 g/mol. The predicted molar refractivity (Wildman–Crippen MR) is 83.7 cm³/mol. The molecule has 0 atom stereocenters. The Hall–Kier alpha value is -2.47. The van der Waals surface area contributed by atoms with E-state index in [1.54, 1.807) is 24.3 Å². The van der Waals surface area contributed by atoms with Crippen molar-refractivity contribution in [1.82, 2.24) is 5.43 Å². The van der Waals surface area contributed by atoms with Crippen LogP contribution in [0.5, 0.6) is 5.75 Å². The molecule has 0 unspecified atom stereocenters. The van der Waals surface area contributed by atoms with Gasteiger partial charge >= 0.3 is 0 Å². The van der Waals surface area contributed by atoms with Crippen LogP contribution in [0.2, 0.25) is 5.02 Å². The van der Waals surface area contributed by atoms with E-state index in [1.807, 2.05) is 0 Å². The summed E-state index contributed by atoms with van der Waals surface area (Å²) in [4.78, 5) is 11.6. The topological polar surface area (TPSA) is 50.7 Å². The van der Waals surface area contributed by atoms with Crippen LogP contribution in [0, 0.1) is 11.6 Å². The molecule has 4 nitrogen and oxygen atoms in total. The van der Waals surface area contributed by atoms with Gasteiger partial charge in [0.2, 0.25) is 0 Å². The third-order valence-corrected chi connectivity index (χ3v) is 3.10. The molecule has 2 aromatic rings. The van der Waals surface area contributed by atoms with Crippen molar-refractivity contribution in [2.45, 2.75) is 6.92 Å². The van der Waals surface area contributed by atoms with Gasteiger partial charge in [0.15, 0.2) is 6.61 Å². The van der Waals surface area contributed by atoms with E-state index in [1.165, 1.54) is 6.92 Å². The summed E-state index contributed by atoms with van der Waals surface area (Å²) < 4.78 is 31.9. The van der Waals surface area contributed by atoms with E-state index < -0.39 is 17.5 Å². The minimum Gasteiger partial charge on any atom is -0.484 e. The first-order valence-corrected chi connectivity index (χ1v) is 7.00. The number of amides is 1. The number of halogens is 3. The fourth-order valence-electron chi connectivity index (χ4n) is 1.69. The third-order valence-electron chi connectivity index (χ3n) is 2.85. The highest BCUT2D eigenvalue weighted by Crippen LogP contribution is 2.15. The second kappa shape index (κ2) is 7.69. The number of benzene rings is 2. The molecule has 0 aromatic heterocycles. The lowest BCUT2D eigenvalue weighted by molar-refractivity contribution is -0.123. The largest absolute Gasteiger partial charge is 0.484 e. The monoisotopic (exact) mass is 338 g/mol. The highest BCUT2D eigenvalue weighted by molar-refractivity contribution is 6.30. The van der Waals surface area contributed by atoms with Crippen molar-refractivity contribution >= 4 is 23.2 Å². The quantitative estimate of drug-likeness (QED) is 0.669. The van der Waals surface area contributed by atoms with Gasteiger partial charge in [-0.25, -0.2) is 14.2 Å². The second-order valence-electron chi connectivity index (χ2n) is 4.60.